The molecule has 0 spiro atoms. The maximum atomic E-state index is 12.5. The van der Waals surface area contributed by atoms with E-state index >= 15 is 0 Å². The van der Waals surface area contributed by atoms with E-state index in [1.54, 1.807) is 11.6 Å². The summed E-state index contributed by atoms with van der Waals surface area (Å²) in [4.78, 5) is 3.99. The van der Waals surface area contributed by atoms with Crippen LogP contribution in [0.15, 0.2) is 35.8 Å². The van der Waals surface area contributed by atoms with Crippen molar-refractivity contribution in [2.24, 2.45) is 0 Å². The van der Waals surface area contributed by atoms with Gasteiger partial charge < -0.3 is 5.11 Å². The first-order valence-electron chi connectivity index (χ1n) is 5.20. The Morgan fingerprint density at radius 2 is 2.11 bits per heavy atom. The quantitative estimate of drug-likeness (QED) is 0.929. The Morgan fingerprint density at radius 3 is 2.72 bits per heavy atom. The van der Waals surface area contributed by atoms with Gasteiger partial charge in [-0.2, -0.15) is 13.2 Å². The molecular weight excluding hydrogens is 263 g/mol. The summed E-state index contributed by atoms with van der Waals surface area (Å²) in [6.07, 6.45) is -3.55. The number of aromatic nitrogens is 1. The fourth-order valence-corrected chi connectivity index (χ4v) is 2.21. The summed E-state index contributed by atoms with van der Waals surface area (Å²) in [5.74, 6) is 0. The first kappa shape index (κ1) is 13.0. The molecule has 0 aliphatic rings. The highest BCUT2D eigenvalue weighted by Crippen LogP contribution is 2.31. The molecule has 18 heavy (non-hydrogen) atoms. The summed E-state index contributed by atoms with van der Waals surface area (Å²) >= 11 is 1.36. The third-order valence-electron chi connectivity index (χ3n) is 2.45. The summed E-state index contributed by atoms with van der Waals surface area (Å²) in [6.45, 7) is 0. The molecule has 0 radical (unpaired) electrons. The maximum Gasteiger partial charge on any atom is 0.416 e. The SMILES string of the molecule is OC(Cc1nccs1)c1cccc(C(F)(F)F)c1. The van der Waals surface area contributed by atoms with Crippen molar-refractivity contribution in [2.75, 3.05) is 0 Å². The predicted octanol–water partition coefficient (Wildman–Crippen LogP) is 3.44. The molecule has 0 fully saturated rings. The van der Waals surface area contributed by atoms with Crippen LogP contribution in [-0.2, 0) is 12.6 Å². The van der Waals surface area contributed by atoms with Crippen molar-refractivity contribution in [3.8, 4) is 0 Å². The molecule has 1 aromatic carbocycles. The fraction of sp³-hybridized carbons (Fsp3) is 0.250. The molecule has 0 saturated heterocycles. The number of rotatable bonds is 3. The fourth-order valence-electron chi connectivity index (χ4n) is 1.56. The number of hydrogen-bond acceptors (Lipinski definition) is 3. The van der Waals surface area contributed by atoms with Crippen LogP contribution in [0.2, 0.25) is 0 Å². The lowest BCUT2D eigenvalue weighted by molar-refractivity contribution is -0.137. The molecule has 2 aromatic rings. The van der Waals surface area contributed by atoms with Crippen molar-refractivity contribution in [3.63, 3.8) is 0 Å². The van der Waals surface area contributed by atoms with Crippen molar-refractivity contribution in [2.45, 2.75) is 18.7 Å². The van der Waals surface area contributed by atoms with Gasteiger partial charge in [0.2, 0.25) is 0 Å². The number of halogens is 3. The van der Waals surface area contributed by atoms with Crippen LogP contribution in [-0.4, -0.2) is 10.1 Å². The van der Waals surface area contributed by atoms with Gasteiger partial charge in [0.05, 0.1) is 16.7 Å². The lowest BCUT2D eigenvalue weighted by Crippen LogP contribution is -2.07. The summed E-state index contributed by atoms with van der Waals surface area (Å²) < 4.78 is 37.6. The van der Waals surface area contributed by atoms with E-state index in [0.717, 1.165) is 12.1 Å². The monoisotopic (exact) mass is 273 g/mol. The molecule has 1 N–H and O–H groups in total. The molecule has 1 aromatic heterocycles. The Bertz CT molecular complexity index is 510. The summed E-state index contributed by atoms with van der Waals surface area (Å²) in [5, 5.41) is 12.3. The van der Waals surface area contributed by atoms with E-state index in [9.17, 15) is 18.3 Å². The highest BCUT2D eigenvalue weighted by atomic mass is 32.1. The van der Waals surface area contributed by atoms with Gasteiger partial charge in [-0.05, 0) is 17.7 Å². The minimum atomic E-state index is -4.39. The Labute approximate surface area is 106 Å². The largest absolute Gasteiger partial charge is 0.416 e. The molecule has 0 bridgehead atoms. The minimum Gasteiger partial charge on any atom is -0.388 e. The van der Waals surface area contributed by atoms with E-state index in [-0.39, 0.29) is 12.0 Å². The number of benzene rings is 1. The molecule has 6 heteroatoms. The minimum absolute atomic E-state index is 0.221. The molecule has 2 rings (SSSR count). The Hall–Kier alpha value is -1.40. The topological polar surface area (TPSA) is 33.1 Å². The van der Waals surface area contributed by atoms with E-state index in [1.165, 1.54) is 23.5 Å². The number of hydrogen-bond donors (Lipinski definition) is 1. The van der Waals surface area contributed by atoms with Crippen LogP contribution in [0, 0.1) is 0 Å². The average Bonchev–Trinajstić information content (AvgIpc) is 2.81. The molecule has 1 unspecified atom stereocenters. The normalized spacial score (nSPS) is 13.6. The number of thiazole rings is 1. The van der Waals surface area contributed by atoms with Crippen LogP contribution >= 0.6 is 11.3 Å². The molecule has 96 valence electrons. The van der Waals surface area contributed by atoms with Crippen LogP contribution in [0.3, 0.4) is 0 Å². The van der Waals surface area contributed by atoms with Gasteiger partial charge in [0, 0.05) is 18.0 Å². The first-order valence-corrected chi connectivity index (χ1v) is 6.08. The summed E-state index contributed by atoms with van der Waals surface area (Å²) in [7, 11) is 0. The van der Waals surface area contributed by atoms with Crippen molar-refractivity contribution in [3.05, 3.63) is 52.0 Å². The van der Waals surface area contributed by atoms with Gasteiger partial charge >= 0.3 is 6.18 Å². The highest BCUT2D eigenvalue weighted by Gasteiger charge is 2.30. The van der Waals surface area contributed by atoms with Gasteiger partial charge in [0.1, 0.15) is 0 Å². The van der Waals surface area contributed by atoms with Gasteiger partial charge in [-0.1, -0.05) is 12.1 Å². The average molecular weight is 273 g/mol. The first-order chi connectivity index (χ1) is 8.47. The zero-order valence-electron chi connectivity index (χ0n) is 9.19. The van der Waals surface area contributed by atoms with Crippen LogP contribution in [0.1, 0.15) is 22.2 Å². The number of aliphatic hydroxyl groups is 1. The van der Waals surface area contributed by atoms with Gasteiger partial charge in [-0.15, -0.1) is 11.3 Å². The van der Waals surface area contributed by atoms with Gasteiger partial charge in [-0.3, -0.25) is 0 Å². The van der Waals surface area contributed by atoms with Crippen LogP contribution in [0.5, 0.6) is 0 Å². The number of alkyl halides is 3. The molecular formula is C12H10F3NOS. The molecule has 1 atom stereocenters. The standard InChI is InChI=1S/C12H10F3NOS/c13-12(14,15)9-3-1-2-8(6-9)10(17)7-11-16-4-5-18-11/h1-6,10,17H,7H2. The van der Waals surface area contributed by atoms with E-state index in [1.807, 2.05) is 0 Å². The molecule has 0 aliphatic carbocycles. The van der Waals surface area contributed by atoms with E-state index in [4.69, 9.17) is 0 Å². The van der Waals surface area contributed by atoms with E-state index < -0.39 is 17.8 Å². The van der Waals surface area contributed by atoms with E-state index in [0.29, 0.717) is 5.01 Å². The van der Waals surface area contributed by atoms with Crippen LogP contribution in [0.4, 0.5) is 13.2 Å². The summed E-state index contributed by atoms with van der Waals surface area (Å²) in [5.41, 5.74) is -0.502. The zero-order valence-corrected chi connectivity index (χ0v) is 10.0. The lowest BCUT2D eigenvalue weighted by atomic mass is 10.0. The molecule has 2 nitrogen and oxygen atoms in total. The van der Waals surface area contributed by atoms with Crippen LogP contribution < -0.4 is 0 Å². The zero-order chi connectivity index (χ0) is 13.2. The van der Waals surface area contributed by atoms with Gasteiger partial charge in [0.15, 0.2) is 0 Å². The van der Waals surface area contributed by atoms with Gasteiger partial charge in [0.25, 0.3) is 0 Å². The highest BCUT2D eigenvalue weighted by molar-refractivity contribution is 7.09. The second-order valence-electron chi connectivity index (χ2n) is 3.77. The third-order valence-corrected chi connectivity index (χ3v) is 3.25. The predicted molar refractivity (Wildman–Crippen MR) is 62.2 cm³/mol. The molecule has 1 heterocycles. The third kappa shape index (κ3) is 3.08. The smallest absolute Gasteiger partial charge is 0.388 e. The van der Waals surface area contributed by atoms with E-state index in [2.05, 4.69) is 4.98 Å². The Balaban J connectivity index is 2.18. The van der Waals surface area contributed by atoms with Gasteiger partial charge in [-0.25, -0.2) is 4.98 Å². The van der Waals surface area contributed by atoms with Crippen molar-refractivity contribution in [1.29, 1.82) is 0 Å². The number of aliphatic hydroxyl groups excluding tert-OH is 1. The summed E-state index contributed by atoms with van der Waals surface area (Å²) in [6, 6.07) is 4.73. The molecule has 0 saturated carbocycles. The lowest BCUT2D eigenvalue weighted by Gasteiger charge is -2.12. The Morgan fingerprint density at radius 1 is 1.33 bits per heavy atom. The molecule has 0 amide bonds. The van der Waals surface area contributed by atoms with Crippen LogP contribution in [0.25, 0.3) is 0 Å². The Kier molecular flexibility index (Phi) is 3.68. The van der Waals surface area contributed by atoms with Crippen molar-refractivity contribution in [1.82, 2.24) is 4.98 Å². The van der Waals surface area contributed by atoms with Crippen molar-refractivity contribution >= 4 is 11.3 Å². The van der Waals surface area contributed by atoms with Crippen molar-refractivity contribution < 1.29 is 18.3 Å². The second-order valence-corrected chi connectivity index (χ2v) is 4.75. The number of nitrogens with zero attached hydrogens (tertiary/aromatic N) is 1. The molecule has 0 aliphatic heterocycles. The second kappa shape index (κ2) is 5.07. The maximum absolute atomic E-state index is 12.5.